The van der Waals surface area contributed by atoms with Gasteiger partial charge in [0.1, 0.15) is 6.10 Å². The monoisotopic (exact) mass is 355 g/mol. The first-order chi connectivity index (χ1) is 8.04. The average Bonchev–Trinajstić information content (AvgIpc) is 2.57. The topological polar surface area (TPSA) is 66.8 Å². The van der Waals surface area contributed by atoms with Crippen LogP contribution in [0, 0.1) is 0 Å². The van der Waals surface area contributed by atoms with Crippen LogP contribution in [0.25, 0.3) is 0 Å². The van der Waals surface area contributed by atoms with Crippen LogP contribution in [-0.2, 0) is 14.3 Å². The quantitative estimate of drug-likeness (QED) is 0.436. The van der Waals surface area contributed by atoms with E-state index >= 15 is 0 Å². The summed E-state index contributed by atoms with van der Waals surface area (Å²) in [6.07, 6.45) is -2.52. The molecule has 1 saturated heterocycles. The number of aliphatic hydroxyl groups excluding tert-OH is 1. The van der Waals surface area contributed by atoms with Crippen LogP contribution < -0.4 is 0 Å². The van der Waals surface area contributed by atoms with Crippen LogP contribution in [0.5, 0.6) is 0 Å². The SMILES string of the molecule is O=C1C=CN([C@@H]2O[C@H](CI)[C@@H](O)[C@H]2F)C(=O)C1. The largest absolute Gasteiger partial charge is 0.387 e. The molecule has 0 spiro atoms. The van der Waals surface area contributed by atoms with Gasteiger partial charge in [-0.1, -0.05) is 22.6 Å². The summed E-state index contributed by atoms with van der Waals surface area (Å²) in [5, 5.41) is 9.56. The lowest BCUT2D eigenvalue weighted by atomic mass is 10.1. The van der Waals surface area contributed by atoms with Crippen molar-refractivity contribution >= 4 is 34.3 Å². The van der Waals surface area contributed by atoms with E-state index in [0.717, 1.165) is 4.90 Å². The van der Waals surface area contributed by atoms with E-state index in [2.05, 4.69) is 0 Å². The number of carbonyl (C=O) groups excluding carboxylic acids is 2. The molecule has 0 radical (unpaired) electrons. The average molecular weight is 355 g/mol. The highest BCUT2D eigenvalue weighted by Crippen LogP contribution is 2.29. The van der Waals surface area contributed by atoms with Gasteiger partial charge in [0.2, 0.25) is 5.91 Å². The second-order valence-corrected chi connectivity index (χ2v) is 4.80. The molecule has 7 heteroatoms. The summed E-state index contributed by atoms with van der Waals surface area (Å²) in [7, 11) is 0. The smallest absolute Gasteiger partial charge is 0.236 e. The molecule has 0 aliphatic carbocycles. The summed E-state index contributed by atoms with van der Waals surface area (Å²) in [6, 6.07) is 0. The summed E-state index contributed by atoms with van der Waals surface area (Å²) < 4.78 is 19.5. The number of rotatable bonds is 2. The lowest BCUT2D eigenvalue weighted by molar-refractivity contribution is -0.144. The van der Waals surface area contributed by atoms with Gasteiger partial charge in [0.05, 0.1) is 12.5 Å². The molecular weight excluding hydrogens is 344 g/mol. The number of ether oxygens (including phenoxy) is 1. The van der Waals surface area contributed by atoms with Gasteiger partial charge in [-0.3, -0.25) is 14.5 Å². The minimum absolute atomic E-state index is 0.284. The van der Waals surface area contributed by atoms with Gasteiger partial charge in [-0.05, 0) is 6.08 Å². The molecule has 5 nitrogen and oxygen atoms in total. The minimum Gasteiger partial charge on any atom is -0.387 e. The molecule has 17 heavy (non-hydrogen) atoms. The highest BCUT2D eigenvalue weighted by Gasteiger charge is 2.47. The third kappa shape index (κ3) is 2.36. The first-order valence-corrected chi connectivity index (χ1v) is 6.63. The molecule has 1 amide bonds. The molecule has 94 valence electrons. The number of ketones is 1. The number of carbonyl (C=O) groups is 2. The number of aliphatic hydroxyl groups is 1. The van der Waals surface area contributed by atoms with E-state index in [1.54, 1.807) is 0 Å². The number of hydrogen-bond acceptors (Lipinski definition) is 4. The van der Waals surface area contributed by atoms with Crippen LogP contribution in [0.1, 0.15) is 6.42 Å². The molecule has 0 saturated carbocycles. The summed E-state index contributed by atoms with van der Waals surface area (Å²) in [5.74, 6) is -0.822. The summed E-state index contributed by atoms with van der Waals surface area (Å²) in [5.41, 5.74) is 0. The first kappa shape index (κ1) is 12.9. The summed E-state index contributed by atoms with van der Waals surface area (Å²) in [4.78, 5) is 23.6. The van der Waals surface area contributed by atoms with Crippen molar-refractivity contribution in [1.82, 2.24) is 4.90 Å². The lowest BCUT2D eigenvalue weighted by Crippen LogP contribution is -2.44. The van der Waals surface area contributed by atoms with Gasteiger partial charge in [0.25, 0.3) is 0 Å². The van der Waals surface area contributed by atoms with Crippen LogP contribution in [0.4, 0.5) is 4.39 Å². The Bertz CT molecular complexity index is 375. The second kappa shape index (κ2) is 4.99. The zero-order valence-electron chi connectivity index (χ0n) is 8.75. The van der Waals surface area contributed by atoms with Crippen molar-refractivity contribution in [2.45, 2.75) is 31.0 Å². The normalized spacial score (nSPS) is 37.9. The standard InChI is InChI=1S/C10H11FINO4/c11-8-9(16)6(4-12)17-10(8)13-2-1-5(14)3-7(13)15/h1-2,6,8-10,16H,3-4H2/t6-,8-,9-,10-/m1/s1. The molecular formula is C10H11FINO4. The Balaban J connectivity index is 2.16. The molecule has 1 fully saturated rings. The Morgan fingerprint density at radius 1 is 1.59 bits per heavy atom. The molecule has 2 aliphatic rings. The van der Waals surface area contributed by atoms with Gasteiger partial charge in [-0.25, -0.2) is 4.39 Å². The van der Waals surface area contributed by atoms with E-state index in [-0.39, 0.29) is 12.2 Å². The number of hydrogen-bond donors (Lipinski definition) is 1. The van der Waals surface area contributed by atoms with Gasteiger partial charge in [-0.2, -0.15) is 0 Å². The van der Waals surface area contributed by atoms with Crippen molar-refractivity contribution in [2.75, 3.05) is 4.43 Å². The third-order valence-corrected chi connectivity index (χ3v) is 3.62. The molecule has 4 atom stereocenters. The Hall–Kier alpha value is -0.540. The maximum Gasteiger partial charge on any atom is 0.236 e. The minimum atomic E-state index is -1.66. The number of nitrogens with zero attached hydrogens (tertiary/aromatic N) is 1. The van der Waals surface area contributed by atoms with E-state index in [1.165, 1.54) is 12.3 Å². The number of allylic oxidation sites excluding steroid dienone is 1. The van der Waals surface area contributed by atoms with E-state index in [1.807, 2.05) is 22.6 Å². The fourth-order valence-electron chi connectivity index (χ4n) is 1.83. The van der Waals surface area contributed by atoms with Gasteiger partial charge < -0.3 is 9.84 Å². The molecule has 0 aromatic carbocycles. The lowest BCUT2D eigenvalue weighted by Gasteiger charge is -2.28. The van der Waals surface area contributed by atoms with Crippen molar-refractivity contribution in [2.24, 2.45) is 0 Å². The molecule has 1 N–H and O–H groups in total. The summed E-state index contributed by atoms with van der Waals surface area (Å²) in [6.45, 7) is 0. The molecule has 0 unspecified atom stereocenters. The molecule has 2 heterocycles. The molecule has 0 bridgehead atoms. The highest BCUT2D eigenvalue weighted by atomic mass is 127. The summed E-state index contributed by atoms with van der Waals surface area (Å²) >= 11 is 1.98. The Morgan fingerprint density at radius 3 is 2.82 bits per heavy atom. The van der Waals surface area contributed by atoms with Crippen molar-refractivity contribution in [3.8, 4) is 0 Å². The Labute approximate surface area is 111 Å². The molecule has 0 aromatic rings. The molecule has 0 aromatic heterocycles. The third-order valence-electron chi connectivity index (χ3n) is 2.75. The highest BCUT2D eigenvalue weighted by molar-refractivity contribution is 14.1. The predicted octanol–water partition coefficient (Wildman–Crippen LogP) is 0.160. The van der Waals surface area contributed by atoms with E-state index < -0.39 is 30.5 Å². The van der Waals surface area contributed by atoms with E-state index in [4.69, 9.17) is 4.74 Å². The van der Waals surface area contributed by atoms with Gasteiger partial charge in [0.15, 0.2) is 18.2 Å². The van der Waals surface area contributed by atoms with Gasteiger partial charge in [-0.15, -0.1) is 0 Å². The van der Waals surface area contributed by atoms with Gasteiger partial charge in [0, 0.05) is 10.6 Å². The Morgan fingerprint density at radius 2 is 2.29 bits per heavy atom. The number of alkyl halides is 2. The van der Waals surface area contributed by atoms with E-state index in [9.17, 15) is 19.1 Å². The van der Waals surface area contributed by atoms with Crippen molar-refractivity contribution in [1.29, 1.82) is 0 Å². The number of amides is 1. The van der Waals surface area contributed by atoms with Crippen LogP contribution in [-0.4, -0.2) is 50.7 Å². The molecule has 2 rings (SSSR count). The maximum atomic E-state index is 13.8. The van der Waals surface area contributed by atoms with Crippen LogP contribution >= 0.6 is 22.6 Å². The van der Waals surface area contributed by atoms with E-state index in [0.29, 0.717) is 4.43 Å². The fraction of sp³-hybridized carbons (Fsp3) is 0.600. The van der Waals surface area contributed by atoms with Crippen molar-refractivity contribution in [3.63, 3.8) is 0 Å². The predicted molar refractivity (Wildman–Crippen MR) is 64.1 cm³/mol. The zero-order chi connectivity index (χ0) is 12.6. The van der Waals surface area contributed by atoms with Crippen molar-refractivity contribution in [3.05, 3.63) is 12.3 Å². The van der Waals surface area contributed by atoms with Crippen LogP contribution in [0.2, 0.25) is 0 Å². The molecule has 2 aliphatic heterocycles. The second-order valence-electron chi connectivity index (χ2n) is 3.91. The fourth-order valence-corrected chi connectivity index (χ4v) is 2.56. The van der Waals surface area contributed by atoms with Crippen LogP contribution in [0.15, 0.2) is 12.3 Å². The maximum absolute atomic E-state index is 13.8. The zero-order valence-corrected chi connectivity index (χ0v) is 10.9. The van der Waals surface area contributed by atoms with Crippen LogP contribution in [0.3, 0.4) is 0 Å². The van der Waals surface area contributed by atoms with Gasteiger partial charge >= 0.3 is 0 Å². The Kier molecular flexibility index (Phi) is 3.79. The number of halogens is 2. The first-order valence-electron chi connectivity index (χ1n) is 5.10. The van der Waals surface area contributed by atoms with Crippen molar-refractivity contribution < 1.29 is 23.8 Å².